The van der Waals surface area contributed by atoms with Gasteiger partial charge in [-0.1, -0.05) is 11.8 Å². The van der Waals surface area contributed by atoms with Gasteiger partial charge < -0.3 is 14.6 Å². The fourth-order valence-corrected chi connectivity index (χ4v) is 3.40. The Morgan fingerprint density at radius 3 is 2.41 bits per heavy atom. The quantitative estimate of drug-likeness (QED) is 0.645. The highest BCUT2D eigenvalue weighted by molar-refractivity contribution is 7.99. The highest BCUT2D eigenvalue weighted by Crippen LogP contribution is 2.21. The van der Waals surface area contributed by atoms with Crippen LogP contribution in [0.3, 0.4) is 0 Å². The first-order valence-corrected chi connectivity index (χ1v) is 9.01. The second-order valence-electron chi connectivity index (χ2n) is 5.90. The van der Waals surface area contributed by atoms with E-state index >= 15 is 0 Å². The average molecular weight is 389 g/mol. The van der Waals surface area contributed by atoms with Crippen LogP contribution >= 0.6 is 11.8 Å². The van der Waals surface area contributed by atoms with Crippen LogP contribution in [0.5, 0.6) is 5.75 Å². The lowest BCUT2D eigenvalue weighted by molar-refractivity contribution is -0.113. The molecular weight excluding hydrogens is 370 g/mol. The lowest BCUT2D eigenvalue weighted by Crippen LogP contribution is -2.37. The van der Waals surface area contributed by atoms with E-state index in [1.54, 1.807) is 50.0 Å². The van der Waals surface area contributed by atoms with Crippen LogP contribution in [-0.4, -0.2) is 37.5 Å². The number of aromatic nitrogens is 4. The number of imidazole rings is 1. The van der Waals surface area contributed by atoms with Crippen molar-refractivity contribution in [2.24, 2.45) is 21.1 Å². The third kappa shape index (κ3) is 3.47. The minimum atomic E-state index is -0.445. The van der Waals surface area contributed by atoms with Gasteiger partial charge in [0.25, 0.3) is 5.56 Å². The van der Waals surface area contributed by atoms with Crippen LogP contribution in [0, 0.1) is 0 Å². The van der Waals surface area contributed by atoms with Gasteiger partial charge in [0.15, 0.2) is 16.3 Å². The fourth-order valence-electron chi connectivity index (χ4n) is 2.63. The van der Waals surface area contributed by atoms with E-state index in [9.17, 15) is 14.4 Å². The van der Waals surface area contributed by atoms with E-state index in [0.29, 0.717) is 27.8 Å². The van der Waals surface area contributed by atoms with Gasteiger partial charge in [0, 0.05) is 26.8 Å². The van der Waals surface area contributed by atoms with Gasteiger partial charge in [0.2, 0.25) is 5.91 Å². The summed E-state index contributed by atoms with van der Waals surface area (Å²) in [4.78, 5) is 40.9. The third-order valence-electron chi connectivity index (χ3n) is 4.14. The van der Waals surface area contributed by atoms with Crippen LogP contribution < -0.4 is 21.3 Å². The highest BCUT2D eigenvalue weighted by Gasteiger charge is 2.18. The van der Waals surface area contributed by atoms with Gasteiger partial charge in [-0.25, -0.2) is 9.78 Å². The summed E-state index contributed by atoms with van der Waals surface area (Å²) in [6, 6.07) is 7.00. The first-order chi connectivity index (χ1) is 12.8. The lowest BCUT2D eigenvalue weighted by Gasteiger charge is -2.06. The molecule has 9 nitrogen and oxygen atoms in total. The Bertz CT molecular complexity index is 1130. The van der Waals surface area contributed by atoms with Gasteiger partial charge in [0.05, 0.1) is 12.9 Å². The molecular formula is C17H19N5O4S. The molecule has 2 heterocycles. The lowest BCUT2D eigenvalue weighted by atomic mass is 10.3. The van der Waals surface area contributed by atoms with E-state index in [4.69, 9.17) is 4.74 Å². The summed E-state index contributed by atoms with van der Waals surface area (Å²) < 4.78 is 9.03. The van der Waals surface area contributed by atoms with E-state index in [1.807, 2.05) is 0 Å². The number of anilines is 1. The largest absolute Gasteiger partial charge is 0.497 e. The number of carbonyl (C=O) groups excluding carboxylic acids is 1. The second-order valence-corrected chi connectivity index (χ2v) is 6.84. The molecule has 10 heteroatoms. The Balaban J connectivity index is 1.78. The summed E-state index contributed by atoms with van der Waals surface area (Å²) in [7, 11) is 6.24. The molecule has 0 radical (unpaired) electrons. The molecule has 0 bridgehead atoms. The summed E-state index contributed by atoms with van der Waals surface area (Å²) in [5.41, 5.74) is 0.404. The van der Waals surface area contributed by atoms with Crippen LogP contribution in [0.1, 0.15) is 0 Å². The summed E-state index contributed by atoms with van der Waals surface area (Å²) in [6.07, 6.45) is 0. The zero-order valence-electron chi connectivity index (χ0n) is 15.3. The molecule has 1 amide bonds. The van der Waals surface area contributed by atoms with Gasteiger partial charge in [-0.2, -0.15) is 0 Å². The van der Waals surface area contributed by atoms with Gasteiger partial charge in [-0.3, -0.25) is 18.7 Å². The second kappa shape index (κ2) is 7.31. The van der Waals surface area contributed by atoms with Crippen molar-refractivity contribution in [1.29, 1.82) is 0 Å². The molecule has 0 fully saturated rings. The van der Waals surface area contributed by atoms with Crippen molar-refractivity contribution in [3.05, 3.63) is 45.1 Å². The number of benzene rings is 1. The van der Waals surface area contributed by atoms with Crippen molar-refractivity contribution in [3.63, 3.8) is 0 Å². The highest BCUT2D eigenvalue weighted by atomic mass is 32.2. The van der Waals surface area contributed by atoms with Gasteiger partial charge >= 0.3 is 5.69 Å². The maximum absolute atomic E-state index is 12.4. The topological polar surface area (TPSA) is 100 Å². The zero-order valence-corrected chi connectivity index (χ0v) is 16.2. The first kappa shape index (κ1) is 18.8. The summed E-state index contributed by atoms with van der Waals surface area (Å²) in [5.74, 6) is 0.602. The number of carbonyl (C=O) groups is 1. The average Bonchev–Trinajstić information content (AvgIpc) is 3.00. The Morgan fingerprint density at radius 1 is 1.11 bits per heavy atom. The number of hydrogen-bond donors (Lipinski definition) is 1. The summed E-state index contributed by atoms with van der Waals surface area (Å²) in [6.45, 7) is 0. The van der Waals surface area contributed by atoms with E-state index in [2.05, 4.69) is 10.3 Å². The predicted molar refractivity (Wildman–Crippen MR) is 104 cm³/mol. The molecule has 0 unspecified atom stereocenters. The molecule has 0 aliphatic carbocycles. The Kier molecular flexibility index (Phi) is 5.08. The normalized spacial score (nSPS) is 11.0. The molecule has 27 heavy (non-hydrogen) atoms. The van der Waals surface area contributed by atoms with Crippen LogP contribution in [0.25, 0.3) is 11.2 Å². The van der Waals surface area contributed by atoms with E-state index < -0.39 is 11.2 Å². The number of nitrogens with zero attached hydrogens (tertiary/aromatic N) is 4. The molecule has 0 aliphatic rings. The standard InChI is InChI=1S/C17H19N5O4S/c1-20-13-14(21(2)17(25)22(3)15(13)24)19-16(20)27-9-12(23)18-10-5-7-11(26-4)8-6-10/h5-8H,9H2,1-4H3,(H,18,23). The SMILES string of the molecule is COc1ccc(NC(=O)CSc2nc3c(c(=O)n(C)c(=O)n3C)n2C)cc1. The molecule has 0 saturated heterocycles. The molecule has 3 rings (SSSR count). The van der Waals surface area contributed by atoms with Crippen molar-refractivity contribution in [2.45, 2.75) is 5.16 Å². The van der Waals surface area contributed by atoms with Crippen LogP contribution in [-0.2, 0) is 25.9 Å². The third-order valence-corrected chi connectivity index (χ3v) is 5.17. The smallest absolute Gasteiger partial charge is 0.332 e. The maximum atomic E-state index is 12.4. The minimum absolute atomic E-state index is 0.109. The molecule has 2 aromatic heterocycles. The number of ether oxygens (including phenoxy) is 1. The molecule has 0 aliphatic heterocycles. The molecule has 0 saturated carbocycles. The van der Waals surface area contributed by atoms with Crippen LogP contribution in [0.4, 0.5) is 5.69 Å². The number of rotatable bonds is 5. The molecule has 1 N–H and O–H groups in total. The number of amides is 1. The van der Waals surface area contributed by atoms with Crippen LogP contribution in [0.15, 0.2) is 39.0 Å². The number of hydrogen-bond acceptors (Lipinski definition) is 6. The van der Waals surface area contributed by atoms with Gasteiger partial charge in [-0.05, 0) is 24.3 Å². The van der Waals surface area contributed by atoms with Crippen molar-refractivity contribution in [1.82, 2.24) is 18.7 Å². The number of thioether (sulfide) groups is 1. The Labute approximate surface area is 158 Å². The summed E-state index contributed by atoms with van der Waals surface area (Å²) >= 11 is 1.19. The monoisotopic (exact) mass is 389 g/mol. The van der Waals surface area contributed by atoms with Crippen LogP contribution in [0.2, 0.25) is 0 Å². The van der Waals surface area contributed by atoms with E-state index in [1.165, 1.54) is 23.4 Å². The van der Waals surface area contributed by atoms with Gasteiger partial charge in [0.1, 0.15) is 5.75 Å². The molecule has 0 spiro atoms. The number of nitrogens with one attached hydrogen (secondary N) is 1. The molecule has 3 aromatic rings. The molecule has 0 atom stereocenters. The van der Waals surface area contributed by atoms with Gasteiger partial charge in [-0.15, -0.1) is 0 Å². The van der Waals surface area contributed by atoms with Crippen molar-refractivity contribution >= 4 is 34.5 Å². The maximum Gasteiger partial charge on any atom is 0.332 e. The predicted octanol–water partition coefficient (Wildman–Crippen LogP) is 0.710. The van der Waals surface area contributed by atoms with Crippen molar-refractivity contribution < 1.29 is 9.53 Å². The Morgan fingerprint density at radius 2 is 1.78 bits per heavy atom. The fraction of sp³-hybridized carbons (Fsp3) is 0.294. The van der Waals surface area contributed by atoms with E-state index in [0.717, 1.165) is 4.57 Å². The molecule has 1 aromatic carbocycles. The Hall–Kier alpha value is -3.01. The van der Waals surface area contributed by atoms with E-state index in [-0.39, 0.29) is 11.7 Å². The number of aryl methyl sites for hydroxylation is 2. The number of fused-ring (bicyclic) bond motifs is 1. The van der Waals surface area contributed by atoms with Crippen molar-refractivity contribution in [2.75, 3.05) is 18.2 Å². The summed E-state index contributed by atoms with van der Waals surface area (Å²) in [5, 5.41) is 3.26. The number of methoxy groups -OCH3 is 1. The molecule has 142 valence electrons. The minimum Gasteiger partial charge on any atom is -0.497 e. The van der Waals surface area contributed by atoms with Crippen molar-refractivity contribution in [3.8, 4) is 5.75 Å². The zero-order chi connectivity index (χ0) is 19.7. The first-order valence-electron chi connectivity index (χ1n) is 8.02.